The van der Waals surface area contributed by atoms with E-state index in [4.69, 9.17) is 10.00 Å². The molecular formula is C7H7N3O. The summed E-state index contributed by atoms with van der Waals surface area (Å²) in [6.07, 6.45) is 1.54. The van der Waals surface area contributed by atoms with Crippen LogP contribution in [0.2, 0.25) is 0 Å². The van der Waals surface area contributed by atoms with Crippen molar-refractivity contribution in [2.45, 2.75) is 6.61 Å². The Hall–Kier alpha value is -1.47. The van der Waals surface area contributed by atoms with Crippen molar-refractivity contribution in [3.63, 3.8) is 0 Å². The molecular weight excluding hydrogens is 142 g/mol. The third-order valence-electron chi connectivity index (χ3n) is 1.11. The summed E-state index contributed by atoms with van der Waals surface area (Å²) in [5, 5.41) is 8.41. The standard InChI is InChI=1S/C7H7N3O/c1-11-5-6-2-3-9-7(4-8)10-6/h2-3H,5H2,1H3. The Morgan fingerprint density at radius 2 is 2.55 bits per heavy atom. The van der Waals surface area contributed by atoms with E-state index >= 15 is 0 Å². The second kappa shape index (κ2) is 3.64. The molecule has 0 N–H and O–H groups in total. The Labute approximate surface area is 64.5 Å². The number of nitriles is 1. The first kappa shape index (κ1) is 7.63. The summed E-state index contributed by atoms with van der Waals surface area (Å²) in [5.74, 6) is 0.180. The summed E-state index contributed by atoms with van der Waals surface area (Å²) in [4.78, 5) is 7.60. The third kappa shape index (κ3) is 1.99. The smallest absolute Gasteiger partial charge is 0.232 e. The summed E-state index contributed by atoms with van der Waals surface area (Å²) in [5.41, 5.74) is 0.721. The predicted molar refractivity (Wildman–Crippen MR) is 37.5 cm³/mol. The van der Waals surface area contributed by atoms with Gasteiger partial charge in [-0.3, -0.25) is 0 Å². The number of nitrogens with zero attached hydrogens (tertiary/aromatic N) is 3. The summed E-state index contributed by atoms with van der Waals surface area (Å²) in [6.45, 7) is 0.414. The highest BCUT2D eigenvalue weighted by molar-refractivity contribution is 5.12. The molecule has 0 saturated carbocycles. The van der Waals surface area contributed by atoms with Gasteiger partial charge in [0.05, 0.1) is 12.3 Å². The highest BCUT2D eigenvalue weighted by Gasteiger charge is 1.95. The molecule has 0 aliphatic heterocycles. The quantitative estimate of drug-likeness (QED) is 0.614. The van der Waals surface area contributed by atoms with Crippen LogP contribution in [0.4, 0.5) is 0 Å². The van der Waals surface area contributed by atoms with Crippen molar-refractivity contribution >= 4 is 0 Å². The minimum Gasteiger partial charge on any atom is -0.378 e. The Kier molecular flexibility index (Phi) is 2.53. The van der Waals surface area contributed by atoms with Crippen LogP contribution in [0.25, 0.3) is 0 Å². The third-order valence-corrected chi connectivity index (χ3v) is 1.11. The van der Waals surface area contributed by atoms with E-state index in [1.165, 1.54) is 0 Å². The molecule has 0 bridgehead atoms. The Bertz CT molecular complexity index is 279. The molecule has 11 heavy (non-hydrogen) atoms. The normalized spacial score (nSPS) is 9.09. The summed E-state index contributed by atoms with van der Waals surface area (Å²) < 4.78 is 4.83. The zero-order valence-corrected chi connectivity index (χ0v) is 6.11. The SMILES string of the molecule is COCc1ccnc(C#N)n1. The highest BCUT2D eigenvalue weighted by atomic mass is 16.5. The topological polar surface area (TPSA) is 58.8 Å². The van der Waals surface area contributed by atoms with Crippen molar-refractivity contribution in [2.75, 3.05) is 7.11 Å². The minimum atomic E-state index is 0.180. The monoisotopic (exact) mass is 149 g/mol. The van der Waals surface area contributed by atoms with E-state index < -0.39 is 0 Å². The van der Waals surface area contributed by atoms with E-state index in [0.717, 1.165) is 5.69 Å². The molecule has 0 aliphatic carbocycles. The number of hydrogen-bond donors (Lipinski definition) is 0. The van der Waals surface area contributed by atoms with Crippen molar-refractivity contribution in [3.8, 4) is 6.07 Å². The lowest BCUT2D eigenvalue weighted by molar-refractivity contribution is 0.181. The van der Waals surface area contributed by atoms with E-state index in [1.54, 1.807) is 19.4 Å². The molecule has 1 rings (SSSR count). The number of rotatable bonds is 2. The van der Waals surface area contributed by atoms with E-state index in [9.17, 15) is 0 Å². The fourth-order valence-electron chi connectivity index (χ4n) is 0.678. The van der Waals surface area contributed by atoms with Gasteiger partial charge in [-0.25, -0.2) is 9.97 Å². The Morgan fingerprint density at radius 3 is 3.18 bits per heavy atom. The highest BCUT2D eigenvalue weighted by Crippen LogP contribution is 1.95. The van der Waals surface area contributed by atoms with Gasteiger partial charge in [0.25, 0.3) is 0 Å². The molecule has 0 aromatic carbocycles. The number of hydrogen-bond acceptors (Lipinski definition) is 4. The minimum absolute atomic E-state index is 0.180. The van der Waals surface area contributed by atoms with Crippen LogP contribution in [-0.2, 0) is 11.3 Å². The molecule has 0 radical (unpaired) electrons. The summed E-state index contributed by atoms with van der Waals surface area (Å²) >= 11 is 0. The van der Waals surface area contributed by atoms with Gasteiger partial charge in [-0.2, -0.15) is 5.26 Å². The van der Waals surface area contributed by atoms with Gasteiger partial charge in [0.15, 0.2) is 0 Å². The number of aromatic nitrogens is 2. The van der Waals surface area contributed by atoms with Gasteiger partial charge in [-0.1, -0.05) is 0 Å². The van der Waals surface area contributed by atoms with Gasteiger partial charge in [-0.05, 0) is 6.07 Å². The number of ether oxygens (including phenoxy) is 1. The molecule has 0 amide bonds. The second-order valence-corrected chi connectivity index (χ2v) is 1.92. The van der Waals surface area contributed by atoms with Crippen LogP contribution in [-0.4, -0.2) is 17.1 Å². The van der Waals surface area contributed by atoms with Crippen molar-refractivity contribution in [1.29, 1.82) is 5.26 Å². The zero-order valence-electron chi connectivity index (χ0n) is 6.11. The molecule has 0 aliphatic rings. The van der Waals surface area contributed by atoms with Gasteiger partial charge in [0, 0.05) is 13.3 Å². The molecule has 0 atom stereocenters. The maximum Gasteiger partial charge on any atom is 0.232 e. The first-order valence-corrected chi connectivity index (χ1v) is 3.08. The fourth-order valence-corrected chi connectivity index (χ4v) is 0.678. The Morgan fingerprint density at radius 1 is 1.73 bits per heavy atom. The average molecular weight is 149 g/mol. The fraction of sp³-hybridized carbons (Fsp3) is 0.286. The van der Waals surface area contributed by atoms with E-state index in [-0.39, 0.29) is 5.82 Å². The molecule has 1 heterocycles. The van der Waals surface area contributed by atoms with Gasteiger partial charge in [0.1, 0.15) is 6.07 Å². The molecule has 1 aromatic rings. The van der Waals surface area contributed by atoms with Crippen LogP contribution in [0, 0.1) is 11.3 Å². The van der Waals surface area contributed by atoms with Crippen LogP contribution >= 0.6 is 0 Å². The van der Waals surface area contributed by atoms with Crippen LogP contribution < -0.4 is 0 Å². The molecule has 0 unspecified atom stereocenters. The lowest BCUT2D eigenvalue weighted by Gasteiger charge is -1.96. The van der Waals surface area contributed by atoms with E-state index in [1.807, 2.05) is 6.07 Å². The zero-order chi connectivity index (χ0) is 8.10. The van der Waals surface area contributed by atoms with Crippen LogP contribution in [0.3, 0.4) is 0 Å². The van der Waals surface area contributed by atoms with Crippen molar-refractivity contribution in [2.24, 2.45) is 0 Å². The molecule has 0 saturated heterocycles. The second-order valence-electron chi connectivity index (χ2n) is 1.92. The lowest BCUT2D eigenvalue weighted by Crippen LogP contribution is -1.95. The van der Waals surface area contributed by atoms with Gasteiger partial charge in [-0.15, -0.1) is 0 Å². The lowest BCUT2D eigenvalue weighted by atomic mass is 10.4. The van der Waals surface area contributed by atoms with Crippen molar-refractivity contribution in [1.82, 2.24) is 9.97 Å². The Balaban J connectivity index is 2.85. The average Bonchev–Trinajstić information content (AvgIpc) is 2.06. The molecule has 4 heteroatoms. The van der Waals surface area contributed by atoms with E-state index in [0.29, 0.717) is 6.61 Å². The summed E-state index contributed by atoms with van der Waals surface area (Å²) in [7, 11) is 1.58. The van der Waals surface area contributed by atoms with Gasteiger partial charge in [0.2, 0.25) is 5.82 Å². The molecule has 0 spiro atoms. The van der Waals surface area contributed by atoms with Crippen molar-refractivity contribution < 1.29 is 4.74 Å². The van der Waals surface area contributed by atoms with Crippen LogP contribution in [0.1, 0.15) is 11.5 Å². The summed E-state index contributed by atoms with van der Waals surface area (Å²) in [6, 6.07) is 3.56. The van der Waals surface area contributed by atoms with Crippen LogP contribution in [0.15, 0.2) is 12.3 Å². The molecule has 4 nitrogen and oxygen atoms in total. The first-order valence-electron chi connectivity index (χ1n) is 3.08. The predicted octanol–water partition coefficient (Wildman–Crippen LogP) is 0.495. The van der Waals surface area contributed by atoms with E-state index in [2.05, 4.69) is 9.97 Å². The van der Waals surface area contributed by atoms with Gasteiger partial charge >= 0.3 is 0 Å². The molecule has 1 aromatic heterocycles. The van der Waals surface area contributed by atoms with Crippen molar-refractivity contribution in [3.05, 3.63) is 23.8 Å². The molecule has 0 fully saturated rings. The number of methoxy groups -OCH3 is 1. The maximum absolute atomic E-state index is 8.41. The largest absolute Gasteiger partial charge is 0.378 e. The first-order chi connectivity index (χ1) is 5.36. The van der Waals surface area contributed by atoms with Crippen LogP contribution in [0.5, 0.6) is 0 Å². The van der Waals surface area contributed by atoms with Gasteiger partial charge < -0.3 is 4.74 Å². The molecule has 56 valence electrons. The maximum atomic E-state index is 8.41.